The molecule has 4 aromatic rings. The molecule has 5 amide bonds. The summed E-state index contributed by atoms with van der Waals surface area (Å²) in [5.41, 5.74) is 5.01. The third-order valence-electron chi connectivity index (χ3n) is 11.0. The summed E-state index contributed by atoms with van der Waals surface area (Å²) in [6.45, 7) is 4.31. The van der Waals surface area contributed by atoms with Gasteiger partial charge < -0.3 is 25.3 Å². The quantitative estimate of drug-likeness (QED) is 0.120. The van der Waals surface area contributed by atoms with E-state index in [1.54, 1.807) is 25.4 Å². The van der Waals surface area contributed by atoms with E-state index in [0.29, 0.717) is 50.3 Å². The standard InChI is InChI=1S/C43H46N8O6/c1-27(41(54)49-20-17-30(18-21-49)45-24-29(23-44)37-25-46-35-7-3-4-8-36(35)47-37)6-5-19-50(26-28-9-12-32(57-2)13-10-28)31-11-14-33-34(22-31)43(56)51(42(33)55)38-15-16-39(52)48-40(38)53/h3-4,7-14,22-25,27,30,38,44-45H,5-6,15-21,26H2,1-2H3,(H,48,52,53)/b29-24+,44-23?. The normalized spacial score (nSPS) is 18.0. The highest BCUT2D eigenvalue weighted by Gasteiger charge is 2.44. The van der Waals surface area contributed by atoms with Crippen molar-refractivity contribution in [2.24, 2.45) is 5.92 Å². The minimum absolute atomic E-state index is 0.0510. The molecule has 3 aliphatic rings. The highest BCUT2D eigenvalue weighted by molar-refractivity contribution is 6.23. The Morgan fingerprint density at radius 3 is 2.46 bits per heavy atom. The van der Waals surface area contributed by atoms with E-state index in [1.807, 2.05) is 72.6 Å². The molecule has 2 unspecified atom stereocenters. The Morgan fingerprint density at radius 1 is 1.00 bits per heavy atom. The maximum Gasteiger partial charge on any atom is 0.262 e. The van der Waals surface area contributed by atoms with Crippen molar-refractivity contribution < 1.29 is 28.7 Å². The Kier molecular flexibility index (Phi) is 11.7. The molecule has 3 aromatic carbocycles. The molecule has 57 heavy (non-hydrogen) atoms. The van der Waals surface area contributed by atoms with E-state index in [0.717, 1.165) is 45.8 Å². The fourth-order valence-corrected chi connectivity index (χ4v) is 7.69. The van der Waals surface area contributed by atoms with Crippen LogP contribution < -0.4 is 20.3 Å². The van der Waals surface area contributed by atoms with Gasteiger partial charge in [0.1, 0.15) is 11.8 Å². The minimum atomic E-state index is -1.04. The number of aromatic nitrogens is 2. The number of allylic oxidation sites excluding steroid dienone is 1. The summed E-state index contributed by atoms with van der Waals surface area (Å²) in [7, 11) is 1.61. The van der Waals surface area contributed by atoms with Gasteiger partial charge in [-0.2, -0.15) is 0 Å². The van der Waals surface area contributed by atoms with Crippen LogP contribution in [0, 0.1) is 11.3 Å². The van der Waals surface area contributed by atoms with Crippen molar-refractivity contribution in [3.8, 4) is 5.75 Å². The average molecular weight is 771 g/mol. The number of benzene rings is 3. The lowest BCUT2D eigenvalue weighted by Crippen LogP contribution is -2.54. The molecular formula is C43H46N8O6. The van der Waals surface area contributed by atoms with Gasteiger partial charge in [0.25, 0.3) is 11.8 Å². The van der Waals surface area contributed by atoms with Gasteiger partial charge in [-0.05, 0) is 80.1 Å². The monoisotopic (exact) mass is 770 g/mol. The van der Waals surface area contributed by atoms with Gasteiger partial charge in [0.05, 0.1) is 41.2 Å². The summed E-state index contributed by atoms with van der Waals surface area (Å²) in [4.78, 5) is 79.0. The van der Waals surface area contributed by atoms with Crippen LogP contribution in [0.2, 0.25) is 0 Å². The lowest BCUT2D eigenvalue weighted by molar-refractivity contribution is -0.137. The second-order valence-corrected chi connectivity index (χ2v) is 14.7. The number of amides is 5. The summed E-state index contributed by atoms with van der Waals surface area (Å²) in [5.74, 6) is -1.52. The molecular weight excluding hydrogens is 725 g/mol. The molecule has 3 N–H and O–H groups in total. The number of carbonyl (C=O) groups excluding carboxylic acids is 5. The van der Waals surface area contributed by atoms with Crippen molar-refractivity contribution >= 4 is 58.0 Å². The molecule has 7 rings (SSSR count). The third kappa shape index (κ3) is 8.54. The second kappa shape index (κ2) is 17.1. The van der Waals surface area contributed by atoms with Crippen LogP contribution in [-0.2, 0) is 20.9 Å². The number of methoxy groups -OCH3 is 1. The van der Waals surface area contributed by atoms with Crippen molar-refractivity contribution in [3.05, 3.63) is 102 Å². The van der Waals surface area contributed by atoms with E-state index >= 15 is 0 Å². The van der Waals surface area contributed by atoms with Crippen LogP contribution in [0.5, 0.6) is 5.75 Å². The Bertz CT molecular complexity index is 2230. The van der Waals surface area contributed by atoms with Crippen LogP contribution in [0.15, 0.2) is 79.1 Å². The summed E-state index contributed by atoms with van der Waals surface area (Å²) in [5, 5.41) is 13.6. The molecule has 0 radical (unpaired) electrons. The average Bonchev–Trinajstić information content (AvgIpc) is 3.48. The summed E-state index contributed by atoms with van der Waals surface area (Å²) < 4.78 is 5.34. The molecule has 0 saturated carbocycles. The van der Waals surface area contributed by atoms with Crippen LogP contribution >= 0.6 is 0 Å². The summed E-state index contributed by atoms with van der Waals surface area (Å²) >= 11 is 0. The zero-order valence-corrected chi connectivity index (χ0v) is 32.1. The fraction of sp³-hybridized carbons (Fsp3) is 0.349. The molecule has 2 atom stereocenters. The van der Waals surface area contributed by atoms with E-state index in [-0.39, 0.29) is 41.8 Å². The lowest BCUT2D eigenvalue weighted by Gasteiger charge is -2.34. The number of likely N-dealkylation sites (tertiary alicyclic amines) is 1. The molecule has 294 valence electrons. The first-order valence-electron chi connectivity index (χ1n) is 19.3. The second-order valence-electron chi connectivity index (χ2n) is 14.7. The SMILES string of the molecule is COc1ccc(CN(CCCC(C)C(=O)N2CCC(N/C=C(\C=N)c3cnc4ccccc4n3)CC2)c2ccc3c(c2)C(=O)N(C2CCC(=O)NC2=O)C3=O)cc1. The number of piperidine rings is 2. The van der Waals surface area contributed by atoms with Crippen LogP contribution in [0.3, 0.4) is 0 Å². The van der Waals surface area contributed by atoms with Gasteiger partial charge in [0, 0.05) is 68.2 Å². The molecule has 14 heteroatoms. The number of carbonyl (C=O) groups is 5. The molecule has 0 aliphatic carbocycles. The maximum atomic E-state index is 13.6. The number of imide groups is 2. The van der Waals surface area contributed by atoms with Gasteiger partial charge in [-0.15, -0.1) is 0 Å². The van der Waals surface area contributed by atoms with Crippen LogP contribution in [0.4, 0.5) is 5.69 Å². The predicted molar refractivity (Wildman–Crippen MR) is 215 cm³/mol. The largest absolute Gasteiger partial charge is 0.497 e. The van der Waals surface area contributed by atoms with E-state index < -0.39 is 29.7 Å². The first-order chi connectivity index (χ1) is 27.6. The molecule has 4 heterocycles. The van der Waals surface area contributed by atoms with Gasteiger partial charge in [-0.3, -0.25) is 39.2 Å². The van der Waals surface area contributed by atoms with Crippen molar-refractivity contribution in [1.29, 1.82) is 5.41 Å². The number of nitrogens with one attached hydrogen (secondary N) is 3. The number of para-hydroxylation sites is 2. The lowest BCUT2D eigenvalue weighted by atomic mass is 9.99. The van der Waals surface area contributed by atoms with Gasteiger partial charge >= 0.3 is 0 Å². The van der Waals surface area contributed by atoms with E-state index in [4.69, 9.17) is 10.1 Å². The molecule has 2 fully saturated rings. The smallest absolute Gasteiger partial charge is 0.262 e. The Morgan fingerprint density at radius 2 is 1.74 bits per heavy atom. The van der Waals surface area contributed by atoms with Crippen molar-refractivity contribution in [2.45, 2.75) is 64.1 Å². The van der Waals surface area contributed by atoms with Gasteiger partial charge in [0.15, 0.2) is 0 Å². The third-order valence-corrected chi connectivity index (χ3v) is 11.0. The summed E-state index contributed by atoms with van der Waals surface area (Å²) in [6.07, 6.45) is 7.81. The number of nitrogens with zero attached hydrogens (tertiary/aromatic N) is 5. The van der Waals surface area contributed by atoms with E-state index in [2.05, 4.69) is 25.5 Å². The van der Waals surface area contributed by atoms with Gasteiger partial charge in [-0.25, -0.2) is 4.98 Å². The van der Waals surface area contributed by atoms with Crippen molar-refractivity contribution in [3.63, 3.8) is 0 Å². The van der Waals surface area contributed by atoms with Crippen LogP contribution in [0.1, 0.15) is 77.4 Å². The Hall–Kier alpha value is -6.44. The van der Waals surface area contributed by atoms with Gasteiger partial charge in [0.2, 0.25) is 17.7 Å². The Labute approximate surface area is 330 Å². The first-order valence-corrected chi connectivity index (χ1v) is 19.3. The zero-order valence-electron chi connectivity index (χ0n) is 32.1. The number of hydrogen-bond acceptors (Lipinski definition) is 11. The zero-order chi connectivity index (χ0) is 40.1. The van der Waals surface area contributed by atoms with Gasteiger partial charge in [-0.1, -0.05) is 31.2 Å². The molecule has 0 spiro atoms. The van der Waals surface area contributed by atoms with Crippen molar-refractivity contribution in [1.82, 2.24) is 30.4 Å². The van der Waals surface area contributed by atoms with E-state index in [9.17, 15) is 24.0 Å². The number of fused-ring (bicyclic) bond motifs is 2. The summed E-state index contributed by atoms with van der Waals surface area (Å²) in [6, 6.07) is 19.6. The Balaban J connectivity index is 0.963. The first kappa shape index (κ1) is 38.8. The molecule has 0 bridgehead atoms. The van der Waals surface area contributed by atoms with E-state index in [1.165, 1.54) is 6.21 Å². The van der Waals surface area contributed by atoms with Crippen molar-refractivity contribution in [2.75, 3.05) is 31.6 Å². The minimum Gasteiger partial charge on any atom is -0.497 e. The topological polar surface area (TPSA) is 178 Å². The fourth-order valence-electron chi connectivity index (χ4n) is 7.69. The molecule has 1 aromatic heterocycles. The number of rotatable bonds is 14. The van der Waals surface area contributed by atoms with Crippen LogP contribution in [-0.4, -0.2) is 94.3 Å². The molecule has 14 nitrogen and oxygen atoms in total. The predicted octanol–water partition coefficient (Wildman–Crippen LogP) is 4.73. The number of anilines is 1. The molecule has 3 aliphatic heterocycles. The number of hydrogen-bond donors (Lipinski definition) is 3. The highest BCUT2D eigenvalue weighted by atomic mass is 16.5. The molecule has 2 saturated heterocycles. The maximum absolute atomic E-state index is 13.6. The van der Waals surface area contributed by atoms with Crippen LogP contribution in [0.25, 0.3) is 16.6 Å². The highest BCUT2D eigenvalue weighted by Crippen LogP contribution is 2.32. The number of ether oxygens (including phenoxy) is 1.